The molecule has 0 spiro atoms. The Bertz CT molecular complexity index is 694. The van der Waals surface area contributed by atoms with E-state index in [1.165, 1.54) is 57.8 Å². The fraction of sp³-hybridized carbons (Fsp3) is 0.667. The molecular weight excluding hydrogens is 576 g/mol. The number of halogens is 1. The van der Waals surface area contributed by atoms with E-state index in [0.717, 1.165) is 34.8 Å². The maximum absolute atomic E-state index is 12.4. The van der Waals surface area contributed by atoms with Gasteiger partial charge in [-0.05, 0) is 12.8 Å². The summed E-state index contributed by atoms with van der Waals surface area (Å²) >= 11 is 2.23. The van der Waals surface area contributed by atoms with Gasteiger partial charge >= 0.3 is 163 Å². The van der Waals surface area contributed by atoms with E-state index in [1.807, 2.05) is 24.3 Å². The minimum absolute atomic E-state index is 0.0807. The molecule has 1 rings (SSSR count). The van der Waals surface area contributed by atoms with Crippen molar-refractivity contribution in [3.63, 3.8) is 0 Å². The first kappa shape index (κ1) is 32.5. The Kier molecular flexibility index (Phi) is 19.0. The fourth-order valence-electron chi connectivity index (χ4n) is 3.93. The first-order valence-electron chi connectivity index (χ1n) is 13.3. The van der Waals surface area contributed by atoms with E-state index in [0.29, 0.717) is 12.8 Å². The topological polar surface area (TPSA) is 99.0 Å². The quantitative estimate of drug-likeness (QED) is 0.0525. The second-order valence-corrected chi connectivity index (χ2v) is 12.0. The molecule has 0 aliphatic rings. The summed E-state index contributed by atoms with van der Waals surface area (Å²) in [5.74, 6) is -0.0807. The molecule has 1 atom stereocenters. The van der Waals surface area contributed by atoms with Gasteiger partial charge in [0.2, 0.25) is 0 Å². The number of hydrogen-bond donors (Lipinski definition) is 4. The van der Waals surface area contributed by atoms with Crippen molar-refractivity contribution in [3.05, 3.63) is 45.6 Å². The first-order valence-corrected chi connectivity index (χ1v) is 16.1. The van der Waals surface area contributed by atoms with Crippen molar-refractivity contribution in [2.24, 2.45) is 0 Å². The summed E-state index contributed by atoms with van der Waals surface area (Å²) < 4.78 is 5.91. The van der Waals surface area contributed by atoms with Crippen LogP contribution in [0.3, 0.4) is 0 Å². The van der Waals surface area contributed by atoms with Crippen molar-refractivity contribution < 1.29 is 24.0 Å². The second-order valence-electron chi connectivity index (χ2n) is 9.31. The normalized spacial score (nSPS) is 13.3. The van der Waals surface area contributed by atoms with Crippen molar-refractivity contribution in [2.45, 2.75) is 109 Å². The maximum atomic E-state index is 12.4. The van der Waals surface area contributed by atoms with Crippen LogP contribution in [0.25, 0.3) is 0 Å². The number of benzene rings is 1. The Morgan fingerprint density at radius 2 is 1.46 bits per heavy atom. The van der Waals surface area contributed by atoms with Crippen LogP contribution in [-0.4, -0.2) is 33.2 Å². The summed E-state index contributed by atoms with van der Waals surface area (Å²) in [6.45, 7) is 2.10. The van der Waals surface area contributed by atoms with Crippen LogP contribution in [0.15, 0.2) is 36.4 Å². The number of carbonyl (C=O) groups is 1. The minimum atomic E-state index is -4.62. The molecule has 0 aromatic heterocycles. The Morgan fingerprint density at radius 1 is 0.914 bits per heavy atom. The number of carbonyl (C=O) groups excluding carboxylic acids is 1. The third-order valence-corrected chi connectivity index (χ3v) is 7.18. The Morgan fingerprint density at radius 3 is 2.03 bits per heavy atom. The Hall–Kier alpha value is -0.570. The third-order valence-electron chi connectivity index (χ3n) is 5.90. The Balaban J connectivity index is 2.15. The molecule has 1 aromatic rings. The third kappa shape index (κ3) is 20.2. The van der Waals surface area contributed by atoms with Gasteiger partial charge in [-0.1, -0.05) is 51.2 Å². The van der Waals surface area contributed by atoms with E-state index in [-0.39, 0.29) is 12.5 Å². The van der Waals surface area contributed by atoms with Crippen LogP contribution in [0.2, 0.25) is 0 Å². The number of allylic oxidation sites excluding steroid dienone is 2. The summed E-state index contributed by atoms with van der Waals surface area (Å²) in [5.41, 5.74) is 1.00. The Labute approximate surface area is 226 Å². The number of rotatable bonds is 21. The molecule has 0 aliphatic carbocycles. The predicted molar refractivity (Wildman–Crippen MR) is 155 cm³/mol. The predicted octanol–water partition coefficient (Wildman–Crippen LogP) is 6.76. The molecule has 0 saturated heterocycles. The standard InChI is InChI=1S/C27H47INO5P/c1-2-3-4-5-6-7-8-9-10-11-12-13-14-15-16-17-27(30)29-26(23-34-35(31,32)33)22-24-18-20-25(28)21-19-24/h9-10,18-21,26,31-33,35H,2-8,11-17,22-23H2,1H3,(H,29,30)/b10-9-/t26-/m0/s1. The van der Waals surface area contributed by atoms with Crippen molar-refractivity contribution in [1.29, 1.82) is 0 Å². The molecule has 202 valence electrons. The molecule has 35 heavy (non-hydrogen) atoms. The van der Waals surface area contributed by atoms with Gasteiger partial charge in [-0.3, -0.25) is 0 Å². The number of hydrogen-bond acceptors (Lipinski definition) is 5. The van der Waals surface area contributed by atoms with Gasteiger partial charge in [0, 0.05) is 0 Å². The molecular formula is C27H47INO5P. The molecule has 1 amide bonds. The average Bonchev–Trinajstić information content (AvgIpc) is 2.81. The molecule has 0 bridgehead atoms. The molecule has 6 nitrogen and oxygen atoms in total. The molecule has 1 aromatic carbocycles. The summed E-state index contributed by atoms with van der Waals surface area (Å²) in [7, 11) is -4.62. The molecule has 0 aliphatic heterocycles. The number of nitrogens with one attached hydrogen (secondary N) is 1. The first-order chi connectivity index (χ1) is 16.8. The van der Waals surface area contributed by atoms with E-state index in [9.17, 15) is 4.79 Å². The van der Waals surface area contributed by atoms with Crippen LogP contribution in [-0.2, 0) is 15.7 Å². The SMILES string of the molecule is CCCCCCCC/C=C\CCCCCCCC(=O)N[C@H](CO[PH](O)(O)O)Cc1ccc(I)cc1. The zero-order valence-electron chi connectivity index (χ0n) is 21.4. The van der Waals surface area contributed by atoms with E-state index < -0.39 is 14.2 Å². The van der Waals surface area contributed by atoms with Crippen molar-refractivity contribution in [2.75, 3.05) is 6.61 Å². The summed E-state index contributed by atoms with van der Waals surface area (Å²) in [6.07, 6.45) is 21.4. The van der Waals surface area contributed by atoms with E-state index in [2.05, 4.69) is 47.0 Å². The van der Waals surface area contributed by atoms with Crippen LogP contribution in [0.1, 0.15) is 102 Å². The average molecular weight is 624 g/mol. The summed E-state index contributed by atoms with van der Waals surface area (Å²) in [6, 6.07) is 7.44. The zero-order chi connectivity index (χ0) is 25.8. The van der Waals surface area contributed by atoms with Gasteiger partial charge in [-0.15, -0.1) is 0 Å². The van der Waals surface area contributed by atoms with E-state index in [1.54, 1.807) is 0 Å². The molecule has 0 unspecified atom stereocenters. The van der Waals surface area contributed by atoms with Crippen LogP contribution < -0.4 is 5.32 Å². The van der Waals surface area contributed by atoms with Crippen LogP contribution in [0, 0.1) is 3.57 Å². The van der Waals surface area contributed by atoms with E-state index in [4.69, 9.17) is 19.2 Å². The zero-order valence-corrected chi connectivity index (χ0v) is 24.5. The molecule has 0 radical (unpaired) electrons. The van der Waals surface area contributed by atoms with Gasteiger partial charge in [0.1, 0.15) is 0 Å². The van der Waals surface area contributed by atoms with Gasteiger partial charge in [-0.2, -0.15) is 0 Å². The summed E-state index contributed by atoms with van der Waals surface area (Å²) in [4.78, 5) is 39.9. The number of unbranched alkanes of at least 4 members (excludes halogenated alkanes) is 11. The molecule has 0 saturated carbocycles. The molecule has 0 heterocycles. The van der Waals surface area contributed by atoms with Gasteiger partial charge < -0.3 is 0 Å². The van der Waals surface area contributed by atoms with Crippen molar-refractivity contribution >= 4 is 36.7 Å². The molecule has 8 heteroatoms. The van der Waals surface area contributed by atoms with Gasteiger partial charge in [-0.25, -0.2) is 0 Å². The van der Waals surface area contributed by atoms with Crippen molar-refractivity contribution in [1.82, 2.24) is 5.32 Å². The second kappa shape index (κ2) is 20.5. The summed E-state index contributed by atoms with van der Waals surface area (Å²) in [5, 5.41) is 2.92. The van der Waals surface area contributed by atoms with Crippen LogP contribution in [0.4, 0.5) is 0 Å². The fourth-order valence-corrected chi connectivity index (χ4v) is 4.71. The van der Waals surface area contributed by atoms with Crippen LogP contribution in [0.5, 0.6) is 0 Å². The molecule has 0 fully saturated rings. The van der Waals surface area contributed by atoms with Crippen molar-refractivity contribution in [3.8, 4) is 0 Å². The van der Waals surface area contributed by atoms with Gasteiger partial charge in [0.25, 0.3) is 0 Å². The van der Waals surface area contributed by atoms with E-state index >= 15 is 0 Å². The monoisotopic (exact) mass is 623 g/mol. The van der Waals surface area contributed by atoms with Gasteiger partial charge in [0.15, 0.2) is 0 Å². The van der Waals surface area contributed by atoms with Crippen LogP contribution >= 0.6 is 30.8 Å². The van der Waals surface area contributed by atoms with Gasteiger partial charge in [0.05, 0.1) is 0 Å². The molecule has 4 N–H and O–H groups in total. The number of amides is 1.